The van der Waals surface area contributed by atoms with E-state index < -0.39 is 0 Å². The van der Waals surface area contributed by atoms with Crippen molar-refractivity contribution in [3.8, 4) is 5.75 Å². The Labute approximate surface area is 135 Å². The Morgan fingerprint density at radius 2 is 2.38 bits per heavy atom. The molecule has 2 N–H and O–H groups in total. The number of ether oxygens (including phenoxy) is 2. The molecule has 0 bridgehead atoms. The predicted molar refractivity (Wildman–Crippen MR) is 88.5 cm³/mol. The van der Waals surface area contributed by atoms with Gasteiger partial charge in [0.15, 0.2) is 0 Å². The van der Waals surface area contributed by atoms with Crippen LogP contribution in [-0.4, -0.2) is 36.4 Å². The summed E-state index contributed by atoms with van der Waals surface area (Å²) in [5.41, 5.74) is 6.77. The molecule has 1 spiro atoms. The van der Waals surface area contributed by atoms with Crippen molar-refractivity contribution in [2.45, 2.75) is 37.4 Å². The molecule has 2 saturated heterocycles. The summed E-state index contributed by atoms with van der Waals surface area (Å²) >= 11 is 8.31. The van der Waals surface area contributed by atoms with Gasteiger partial charge in [-0.2, -0.15) is 11.8 Å². The van der Waals surface area contributed by atoms with Crippen LogP contribution in [0.1, 0.15) is 24.8 Å². The van der Waals surface area contributed by atoms with Gasteiger partial charge in [-0.15, -0.1) is 0 Å². The Morgan fingerprint density at radius 1 is 1.48 bits per heavy atom. The number of benzene rings is 1. The van der Waals surface area contributed by atoms with Gasteiger partial charge in [0.25, 0.3) is 0 Å². The maximum absolute atomic E-state index is 6.33. The molecule has 0 radical (unpaired) electrons. The number of thioether (sulfide) groups is 1. The van der Waals surface area contributed by atoms with Crippen LogP contribution in [0.5, 0.6) is 5.75 Å². The summed E-state index contributed by atoms with van der Waals surface area (Å²) in [4.78, 5) is 0. The molecule has 0 aliphatic carbocycles. The van der Waals surface area contributed by atoms with Crippen molar-refractivity contribution in [3.63, 3.8) is 0 Å². The minimum Gasteiger partial charge on any atom is -0.489 e. The Hall–Kier alpha value is -0.420. The first-order valence-corrected chi connectivity index (χ1v) is 9.11. The molecule has 3 nitrogen and oxygen atoms in total. The molecule has 2 aliphatic rings. The predicted octanol–water partition coefficient (Wildman–Crippen LogP) is 3.27. The first kappa shape index (κ1) is 15.5. The number of hydrogen-bond acceptors (Lipinski definition) is 4. The van der Waals surface area contributed by atoms with Crippen LogP contribution in [0.2, 0.25) is 5.02 Å². The molecule has 0 aromatic heterocycles. The Balaban J connectivity index is 1.65. The van der Waals surface area contributed by atoms with E-state index in [2.05, 4.69) is 6.07 Å². The van der Waals surface area contributed by atoms with Crippen LogP contribution in [0.25, 0.3) is 0 Å². The van der Waals surface area contributed by atoms with Crippen LogP contribution < -0.4 is 10.5 Å². The average molecular weight is 328 g/mol. The monoisotopic (exact) mass is 327 g/mol. The van der Waals surface area contributed by atoms with Gasteiger partial charge >= 0.3 is 0 Å². The minimum absolute atomic E-state index is 0.0412. The van der Waals surface area contributed by atoms with Crippen LogP contribution in [0.3, 0.4) is 0 Å². The fourth-order valence-electron chi connectivity index (χ4n) is 3.09. The molecular formula is C16H22ClNO2S. The average Bonchev–Trinajstić information content (AvgIpc) is 2.90. The van der Waals surface area contributed by atoms with Crippen LogP contribution >= 0.6 is 23.4 Å². The number of rotatable bonds is 4. The van der Waals surface area contributed by atoms with Crippen molar-refractivity contribution in [2.24, 2.45) is 5.73 Å². The molecular weight excluding hydrogens is 306 g/mol. The van der Waals surface area contributed by atoms with Gasteiger partial charge in [0.05, 0.1) is 17.2 Å². The van der Waals surface area contributed by atoms with Crippen molar-refractivity contribution in [3.05, 3.63) is 28.8 Å². The van der Waals surface area contributed by atoms with E-state index in [1.807, 2.05) is 23.9 Å². The molecule has 2 fully saturated rings. The van der Waals surface area contributed by atoms with Crippen LogP contribution in [0.4, 0.5) is 0 Å². The number of halogens is 1. The van der Waals surface area contributed by atoms with E-state index in [0.717, 1.165) is 49.4 Å². The zero-order valence-corrected chi connectivity index (χ0v) is 13.7. The molecule has 1 aromatic carbocycles. The highest BCUT2D eigenvalue weighted by atomic mass is 35.5. The molecule has 21 heavy (non-hydrogen) atoms. The standard InChI is InChI=1S/C16H22ClNO2S/c17-14-9-12(3-6-18)1-2-15(14)20-13-4-7-19-16(10-13)5-8-21-11-16/h1-2,9,13H,3-8,10-11,18H2. The molecule has 5 heteroatoms. The normalized spacial score (nSPS) is 29.0. The number of hydrogen-bond donors (Lipinski definition) is 1. The highest BCUT2D eigenvalue weighted by molar-refractivity contribution is 7.99. The van der Waals surface area contributed by atoms with Crippen LogP contribution in [0, 0.1) is 0 Å². The van der Waals surface area contributed by atoms with E-state index in [1.54, 1.807) is 0 Å². The highest BCUT2D eigenvalue weighted by Crippen LogP contribution is 2.40. The zero-order chi connectivity index (χ0) is 14.7. The molecule has 0 amide bonds. The third kappa shape index (κ3) is 3.67. The topological polar surface area (TPSA) is 44.5 Å². The molecule has 1 aromatic rings. The summed E-state index contributed by atoms with van der Waals surface area (Å²) in [6.45, 7) is 1.42. The Bertz CT molecular complexity index is 491. The van der Waals surface area contributed by atoms with Crippen LogP contribution in [0.15, 0.2) is 18.2 Å². The third-order valence-corrected chi connectivity index (χ3v) is 5.76. The number of nitrogens with two attached hydrogens (primary N) is 1. The summed E-state index contributed by atoms with van der Waals surface area (Å²) in [6, 6.07) is 5.98. The molecule has 3 rings (SSSR count). The minimum atomic E-state index is 0.0412. The lowest BCUT2D eigenvalue weighted by Crippen LogP contribution is -2.43. The second-order valence-corrected chi connectivity index (χ2v) is 7.38. The van der Waals surface area contributed by atoms with Crippen molar-refractivity contribution >= 4 is 23.4 Å². The Kier molecular flexibility index (Phi) is 4.99. The fraction of sp³-hybridized carbons (Fsp3) is 0.625. The first-order chi connectivity index (χ1) is 10.2. The van der Waals surface area contributed by atoms with Crippen molar-refractivity contribution in [1.29, 1.82) is 0 Å². The maximum Gasteiger partial charge on any atom is 0.138 e. The van der Waals surface area contributed by atoms with E-state index in [4.69, 9.17) is 26.8 Å². The van der Waals surface area contributed by atoms with E-state index >= 15 is 0 Å². The summed E-state index contributed by atoms with van der Waals surface area (Å²) in [7, 11) is 0. The van der Waals surface area contributed by atoms with Gasteiger partial charge in [0, 0.05) is 18.6 Å². The second-order valence-electron chi connectivity index (χ2n) is 5.87. The van der Waals surface area contributed by atoms with Gasteiger partial charge in [0.2, 0.25) is 0 Å². The SMILES string of the molecule is NCCc1ccc(OC2CCOC3(CCSC3)C2)c(Cl)c1. The highest BCUT2D eigenvalue weighted by Gasteiger charge is 2.41. The van der Waals surface area contributed by atoms with Crippen molar-refractivity contribution < 1.29 is 9.47 Å². The largest absolute Gasteiger partial charge is 0.489 e. The van der Waals surface area contributed by atoms with E-state index in [0.29, 0.717) is 11.6 Å². The quantitative estimate of drug-likeness (QED) is 0.921. The van der Waals surface area contributed by atoms with Gasteiger partial charge < -0.3 is 15.2 Å². The summed E-state index contributed by atoms with van der Waals surface area (Å²) in [5, 5.41) is 0.683. The van der Waals surface area contributed by atoms with Crippen molar-refractivity contribution in [1.82, 2.24) is 0 Å². The van der Waals surface area contributed by atoms with Crippen molar-refractivity contribution in [2.75, 3.05) is 24.7 Å². The molecule has 116 valence electrons. The lowest BCUT2D eigenvalue weighted by Gasteiger charge is -2.37. The zero-order valence-electron chi connectivity index (χ0n) is 12.1. The van der Waals surface area contributed by atoms with Gasteiger partial charge in [-0.05, 0) is 42.8 Å². The van der Waals surface area contributed by atoms with Crippen LogP contribution in [-0.2, 0) is 11.2 Å². The third-order valence-electron chi connectivity index (χ3n) is 4.24. The summed E-state index contributed by atoms with van der Waals surface area (Å²) in [6.07, 6.45) is 4.10. The molecule has 2 aliphatic heterocycles. The van der Waals surface area contributed by atoms with Gasteiger partial charge in [-0.3, -0.25) is 0 Å². The smallest absolute Gasteiger partial charge is 0.138 e. The van der Waals surface area contributed by atoms with E-state index in [1.165, 1.54) is 5.75 Å². The molecule has 2 atom stereocenters. The molecule has 2 unspecified atom stereocenters. The van der Waals surface area contributed by atoms with Gasteiger partial charge in [0.1, 0.15) is 11.9 Å². The van der Waals surface area contributed by atoms with Gasteiger partial charge in [-0.1, -0.05) is 17.7 Å². The summed E-state index contributed by atoms with van der Waals surface area (Å²) < 4.78 is 12.2. The second kappa shape index (κ2) is 6.78. The first-order valence-electron chi connectivity index (χ1n) is 7.58. The fourth-order valence-corrected chi connectivity index (χ4v) is 4.71. The Morgan fingerprint density at radius 3 is 3.10 bits per heavy atom. The summed E-state index contributed by atoms with van der Waals surface area (Å²) in [5.74, 6) is 3.07. The van der Waals surface area contributed by atoms with E-state index in [-0.39, 0.29) is 11.7 Å². The lowest BCUT2D eigenvalue weighted by atomic mass is 9.91. The molecule has 0 saturated carbocycles. The maximum atomic E-state index is 6.33. The molecule has 2 heterocycles. The van der Waals surface area contributed by atoms with E-state index in [9.17, 15) is 0 Å². The van der Waals surface area contributed by atoms with Gasteiger partial charge in [-0.25, -0.2) is 0 Å². The lowest BCUT2D eigenvalue weighted by molar-refractivity contribution is -0.0958.